The maximum atomic E-state index is 12.4. The van der Waals surface area contributed by atoms with E-state index in [4.69, 9.17) is 4.74 Å². The first kappa shape index (κ1) is 21.3. The Morgan fingerprint density at radius 2 is 1.90 bits per heavy atom. The summed E-state index contributed by atoms with van der Waals surface area (Å²) in [6.07, 6.45) is 2.69. The number of carbonyl (C=O) groups excluding carboxylic acids is 1. The standard InChI is InChI=1S/C22H28N2O4S/c1-16-11-12-18(17-8-5-4-6-9-17)14-19(16)15-21-20(23-29(3,26)27)10-7-13-24(21)22(25)28-2/h4-6,8-9,11-12,14,20-21,23H,7,10,13,15H2,1-3H3/t20-,21-/m0/s1. The molecule has 2 aromatic carbocycles. The van der Waals surface area contributed by atoms with Gasteiger partial charge in [0.1, 0.15) is 0 Å². The second-order valence-corrected chi connectivity index (χ2v) is 9.36. The molecule has 1 amide bonds. The summed E-state index contributed by atoms with van der Waals surface area (Å²) in [5, 5.41) is 0. The van der Waals surface area contributed by atoms with Crippen LogP contribution >= 0.6 is 0 Å². The van der Waals surface area contributed by atoms with Gasteiger partial charge < -0.3 is 9.64 Å². The number of sulfonamides is 1. The molecule has 29 heavy (non-hydrogen) atoms. The van der Waals surface area contributed by atoms with Gasteiger partial charge in [0, 0.05) is 12.6 Å². The molecule has 3 rings (SSSR count). The van der Waals surface area contributed by atoms with Crippen LogP contribution in [0.5, 0.6) is 0 Å². The molecule has 0 radical (unpaired) electrons. The summed E-state index contributed by atoms with van der Waals surface area (Å²) in [6.45, 7) is 2.59. The Hall–Kier alpha value is -2.38. The first-order chi connectivity index (χ1) is 13.8. The highest BCUT2D eigenvalue weighted by Gasteiger charge is 2.36. The monoisotopic (exact) mass is 416 g/mol. The highest BCUT2D eigenvalue weighted by atomic mass is 32.2. The van der Waals surface area contributed by atoms with Crippen LogP contribution in [0.25, 0.3) is 11.1 Å². The Morgan fingerprint density at radius 1 is 1.17 bits per heavy atom. The average molecular weight is 417 g/mol. The molecular formula is C22H28N2O4S. The minimum absolute atomic E-state index is 0.310. The van der Waals surface area contributed by atoms with E-state index in [-0.39, 0.29) is 12.1 Å². The summed E-state index contributed by atoms with van der Waals surface area (Å²) < 4.78 is 31.5. The average Bonchev–Trinajstić information content (AvgIpc) is 2.69. The molecule has 0 spiro atoms. The molecular weight excluding hydrogens is 388 g/mol. The van der Waals surface area contributed by atoms with Gasteiger partial charge >= 0.3 is 6.09 Å². The second-order valence-electron chi connectivity index (χ2n) is 7.58. The normalized spacial score (nSPS) is 19.8. The third-order valence-corrected chi connectivity index (χ3v) is 6.17. The van der Waals surface area contributed by atoms with E-state index < -0.39 is 16.1 Å². The zero-order chi connectivity index (χ0) is 21.0. The van der Waals surface area contributed by atoms with Crippen LogP contribution in [0.2, 0.25) is 0 Å². The van der Waals surface area contributed by atoms with Crippen molar-refractivity contribution in [1.29, 1.82) is 0 Å². The van der Waals surface area contributed by atoms with Gasteiger partial charge in [0.15, 0.2) is 0 Å². The third-order valence-electron chi connectivity index (χ3n) is 5.44. The van der Waals surface area contributed by atoms with Crippen molar-refractivity contribution < 1.29 is 17.9 Å². The molecule has 1 aliphatic rings. The Labute approximate surface area is 172 Å². The molecule has 0 aromatic heterocycles. The minimum atomic E-state index is -3.39. The van der Waals surface area contributed by atoms with Gasteiger partial charge in [-0.2, -0.15) is 0 Å². The van der Waals surface area contributed by atoms with Crippen LogP contribution < -0.4 is 4.72 Å². The summed E-state index contributed by atoms with van der Waals surface area (Å²) in [5.74, 6) is 0. The first-order valence-electron chi connectivity index (χ1n) is 9.75. The lowest BCUT2D eigenvalue weighted by Crippen LogP contribution is -2.57. The van der Waals surface area contributed by atoms with Crippen molar-refractivity contribution in [2.24, 2.45) is 0 Å². The SMILES string of the molecule is COC(=O)N1CCC[C@H](NS(C)(=O)=O)[C@@H]1Cc1cc(-c2ccccc2)ccc1C. The molecule has 1 N–H and O–H groups in total. The molecule has 0 unspecified atom stereocenters. The molecule has 2 atom stereocenters. The maximum absolute atomic E-state index is 12.4. The van der Waals surface area contributed by atoms with E-state index in [0.29, 0.717) is 19.4 Å². The molecule has 0 aliphatic carbocycles. The van der Waals surface area contributed by atoms with E-state index in [9.17, 15) is 13.2 Å². The van der Waals surface area contributed by atoms with Gasteiger partial charge in [0.05, 0.1) is 19.4 Å². The number of ether oxygens (including phenoxy) is 1. The topological polar surface area (TPSA) is 75.7 Å². The van der Waals surface area contributed by atoms with Crippen molar-refractivity contribution in [2.75, 3.05) is 19.9 Å². The van der Waals surface area contributed by atoms with E-state index in [1.54, 1.807) is 4.90 Å². The molecule has 1 fully saturated rings. The highest BCUT2D eigenvalue weighted by Crippen LogP contribution is 2.27. The first-order valence-corrected chi connectivity index (χ1v) is 11.6. The van der Waals surface area contributed by atoms with E-state index in [0.717, 1.165) is 34.9 Å². The fourth-order valence-electron chi connectivity index (χ4n) is 3.99. The number of amides is 1. The zero-order valence-electron chi connectivity index (χ0n) is 17.1. The van der Waals surface area contributed by atoms with Crippen LogP contribution in [0.4, 0.5) is 4.79 Å². The number of nitrogens with one attached hydrogen (secondary N) is 1. The van der Waals surface area contributed by atoms with Crippen LogP contribution in [-0.4, -0.2) is 51.4 Å². The molecule has 6 nitrogen and oxygen atoms in total. The summed E-state index contributed by atoms with van der Waals surface area (Å²) >= 11 is 0. The van der Waals surface area contributed by atoms with E-state index >= 15 is 0 Å². The lowest BCUT2D eigenvalue weighted by atomic mass is 9.89. The Balaban J connectivity index is 1.95. The van der Waals surface area contributed by atoms with E-state index in [1.807, 2.05) is 25.1 Å². The number of methoxy groups -OCH3 is 1. The summed E-state index contributed by atoms with van der Waals surface area (Å²) in [5.41, 5.74) is 4.41. The highest BCUT2D eigenvalue weighted by molar-refractivity contribution is 7.88. The van der Waals surface area contributed by atoms with Crippen LogP contribution in [0.1, 0.15) is 24.0 Å². The quantitative estimate of drug-likeness (QED) is 0.811. The van der Waals surface area contributed by atoms with Gasteiger partial charge in [-0.25, -0.2) is 17.9 Å². The number of piperidine rings is 1. The van der Waals surface area contributed by atoms with Gasteiger partial charge in [0.2, 0.25) is 10.0 Å². The summed E-state index contributed by atoms with van der Waals surface area (Å²) in [7, 11) is -2.04. The summed E-state index contributed by atoms with van der Waals surface area (Å²) in [6, 6.07) is 15.7. The predicted octanol–water partition coefficient (Wildman–Crippen LogP) is 3.35. The van der Waals surface area contributed by atoms with Crippen molar-refractivity contribution in [3.8, 4) is 11.1 Å². The van der Waals surface area contributed by atoms with Crippen molar-refractivity contribution in [3.63, 3.8) is 0 Å². The van der Waals surface area contributed by atoms with Gasteiger partial charge in [-0.05, 0) is 48.4 Å². The van der Waals surface area contributed by atoms with Gasteiger partial charge in [0.25, 0.3) is 0 Å². The van der Waals surface area contributed by atoms with Gasteiger partial charge in [-0.15, -0.1) is 0 Å². The largest absolute Gasteiger partial charge is 0.453 e. The lowest BCUT2D eigenvalue weighted by molar-refractivity contribution is 0.0792. The van der Waals surface area contributed by atoms with Crippen LogP contribution in [0, 0.1) is 6.92 Å². The third kappa shape index (κ3) is 5.36. The van der Waals surface area contributed by atoms with Gasteiger partial charge in [-0.1, -0.05) is 48.5 Å². The molecule has 156 valence electrons. The van der Waals surface area contributed by atoms with Crippen molar-refractivity contribution in [3.05, 3.63) is 59.7 Å². The Morgan fingerprint density at radius 3 is 2.55 bits per heavy atom. The maximum Gasteiger partial charge on any atom is 0.409 e. The number of carbonyl (C=O) groups is 1. The van der Waals surface area contributed by atoms with E-state index in [2.05, 4.69) is 35.1 Å². The number of nitrogens with zero attached hydrogens (tertiary/aromatic N) is 1. The fourth-order valence-corrected chi connectivity index (χ4v) is 4.82. The van der Waals surface area contributed by atoms with Crippen molar-refractivity contribution in [1.82, 2.24) is 9.62 Å². The van der Waals surface area contributed by atoms with Crippen molar-refractivity contribution in [2.45, 2.75) is 38.3 Å². The number of rotatable bonds is 5. The zero-order valence-corrected chi connectivity index (χ0v) is 17.9. The Bertz CT molecular complexity index is 960. The number of benzene rings is 2. The number of hydrogen-bond donors (Lipinski definition) is 1. The number of likely N-dealkylation sites (tertiary alicyclic amines) is 1. The number of aryl methyl sites for hydroxylation is 1. The van der Waals surface area contributed by atoms with Crippen LogP contribution in [-0.2, 0) is 21.2 Å². The molecule has 2 aromatic rings. The molecule has 0 saturated carbocycles. The Kier molecular flexibility index (Phi) is 6.59. The summed E-state index contributed by atoms with van der Waals surface area (Å²) in [4.78, 5) is 14.0. The van der Waals surface area contributed by atoms with Crippen molar-refractivity contribution >= 4 is 16.1 Å². The van der Waals surface area contributed by atoms with Crippen LogP contribution in [0.3, 0.4) is 0 Å². The smallest absolute Gasteiger partial charge is 0.409 e. The molecule has 0 bridgehead atoms. The molecule has 1 heterocycles. The second kappa shape index (κ2) is 8.97. The molecule has 1 saturated heterocycles. The number of hydrogen-bond acceptors (Lipinski definition) is 4. The molecule has 1 aliphatic heterocycles. The minimum Gasteiger partial charge on any atom is -0.453 e. The van der Waals surface area contributed by atoms with E-state index in [1.165, 1.54) is 7.11 Å². The van der Waals surface area contributed by atoms with Crippen LogP contribution in [0.15, 0.2) is 48.5 Å². The fraction of sp³-hybridized carbons (Fsp3) is 0.409. The molecule has 7 heteroatoms. The lowest BCUT2D eigenvalue weighted by Gasteiger charge is -2.40. The predicted molar refractivity (Wildman–Crippen MR) is 114 cm³/mol. The van der Waals surface area contributed by atoms with Gasteiger partial charge in [-0.3, -0.25) is 0 Å².